The van der Waals surface area contributed by atoms with Crippen LogP contribution >= 0.6 is 12.2 Å². The van der Waals surface area contributed by atoms with Gasteiger partial charge in [0.2, 0.25) is 0 Å². The molecule has 1 saturated carbocycles. The monoisotopic (exact) mass is 273 g/mol. The Morgan fingerprint density at radius 1 is 1.32 bits per heavy atom. The van der Waals surface area contributed by atoms with E-state index < -0.39 is 0 Å². The molecule has 3 nitrogen and oxygen atoms in total. The SMILES string of the molecule is N#CCCN(C(=S)NC1CCCC1)c1ccccc1. The molecule has 4 heteroatoms. The zero-order chi connectivity index (χ0) is 13.5. The second-order valence-corrected chi connectivity index (χ2v) is 5.21. The van der Waals surface area contributed by atoms with Crippen molar-refractivity contribution in [3.8, 4) is 6.07 Å². The summed E-state index contributed by atoms with van der Waals surface area (Å²) < 4.78 is 0. The van der Waals surface area contributed by atoms with E-state index in [1.807, 2.05) is 35.2 Å². The van der Waals surface area contributed by atoms with E-state index in [4.69, 9.17) is 17.5 Å². The number of hydrogen-bond acceptors (Lipinski definition) is 2. The summed E-state index contributed by atoms with van der Waals surface area (Å²) in [6.45, 7) is 0.638. The molecule has 0 amide bonds. The van der Waals surface area contributed by atoms with E-state index in [0.29, 0.717) is 19.0 Å². The van der Waals surface area contributed by atoms with Crippen molar-refractivity contribution in [3.63, 3.8) is 0 Å². The minimum absolute atomic E-state index is 0.474. The lowest BCUT2D eigenvalue weighted by atomic mass is 10.2. The maximum absolute atomic E-state index is 8.79. The molecule has 0 bridgehead atoms. The summed E-state index contributed by atoms with van der Waals surface area (Å²) in [5, 5.41) is 13.0. The van der Waals surface area contributed by atoms with Crippen molar-refractivity contribution < 1.29 is 0 Å². The van der Waals surface area contributed by atoms with Gasteiger partial charge in [0.25, 0.3) is 0 Å². The standard InChI is InChI=1S/C15H19N3S/c16-11-6-12-18(14-9-2-1-3-10-14)15(19)17-13-7-4-5-8-13/h1-3,9-10,13H,4-8,12H2,(H,17,19). The molecule has 0 saturated heterocycles. The highest BCUT2D eigenvalue weighted by Crippen LogP contribution is 2.19. The third kappa shape index (κ3) is 3.93. The zero-order valence-electron chi connectivity index (χ0n) is 11.0. The van der Waals surface area contributed by atoms with Crippen LogP contribution in [-0.4, -0.2) is 17.7 Å². The Hall–Kier alpha value is -1.60. The normalized spacial score (nSPS) is 14.9. The predicted octanol–water partition coefficient (Wildman–Crippen LogP) is 3.22. The highest BCUT2D eigenvalue weighted by atomic mass is 32.1. The summed E-state index contributed by atoms with van der Waals surface area (Å²) in [5.41, 5.74) is 1.05. The van der Waals surface area contributed by atoms with Gasteiger partial charge in [0, 0.05) is 18.3 Å². The number of nitriles is 1. The Balaban J connectivity index is 2.04. The quantitative estimate of drug-likeness (QED) is 0.855. The second kappa shape index (κ2) is 7.10. The van der Waals surface area contributed by atoms with Crippen molar-refractivity contribution in [1.29, 1.82) is 5.26 Å². The number of thiocarbonyl (C=S) groups is 1. The van der Waals surface area contributed by atoms with Gasteiger partial charge in [0.05, 0.1) is 12.5 Å². The average molecular weight is 273 g/mol. The minimum atomic E-state index is 0.474. The van der Waals surface area contributed by atoms with Crippen LogP contribution in [0.25, 0.3) is 0 Å². The smallest absolute Gasteiger partial charge is 0.173 e. The molecule has 0 atom stereocenters. The van der Waals surface area contributed by atoms with Crippen LogP contribution in [0.3, 0.4) is 0 Å². The van der Waals surface area contributed by atoms with Crippen molar-refractivity contribution in [1.82, 2.24) is 5.32 Å². The van der Waals surface area contributed by atoms with Gasteiger partial charge in [0.1, 0.15) is 0 Å². The first-order chi connectivity index (χ1) is 9.31. The van der Waals surface area contributed by atoms with Crippen molar-refractivity contribution >= 4 is 23.0 Å². The van der Waals surface area contributed by atoms with Crippen LogP contribution in [-0.2, 0) is 0 Å². The molecule has 0 aliphatic heterocycles. The Morgan fingerprint density at radius 3 is 2.63 bits per heavy atom. The van der Waals surface area contributed by atoms with E-state index >= 15 is 0 Å². The fourth-order valence-electron chi connectivity index (χ4n) is 2.44. The maximum Gasteiger partial charge on any atom is 0.173 e. The molecular weight excluding hydrogens is 254 g/mol. The maximum atomic E-state index is 8.79. The summed E-state index contributed by atoms with van der Waals surface area (Å²) in [5.74, 6) is 0. The van der Waals surface area contributed by atoms with Gasteiger partial charge >= 0.3 is 0 Å². The number of nitrogens with zero attached hydrogens (tertiary/aromatic N) is 2. The third-order valence-electron chi connectivity index (χ3n) is 3.44. The van der Waals surface area contributed by atoms with Gasteiger partial charge in [0.15, 0.2) is 5.11 Å². The topological polar surface area (TPSA) is 39.1 Å². The van der Waals surface area contributed by atoms with E-state index in [-0.39, 0.29) is 0 Å². The van der Waals surface area contributed by atoms with Gasteiger partial charge in [-0.1, -0.05) is 31.0 Å². The van der Waals surface area contributed by atoms with Gasteiger partial charge in [-0.2, -0.15) is 5.26 Å². The van der Waals surface area contributed by atoms with Crippen molar-refractivity contribution in [2.45, 2.75) is 38.1 Å². The van der Waals surface area contributed by atoms with Gasteiger partial charge in [-0.3, -0.25) is 0 Å². The number of hydrogen-bond donors (Lipinski definition) is 1. The number of rotatable bonds is 4. The first-order valence-corrected chi connectivity index (χ1v) is 7.22. The van der Waals surface area contributed by atoms with Gasteiger partial charge in [-0.15, -0.1) is 0 Å². The van der Waals surface area contributed by atoms with E-state index in [9.17, 15) is 0 Å². The predicted molar refractivity (Wildman–Crippen MR) is 82.0 cm³/mol. The van der Waals surface area contributed by atoms with E-state index in [1.54, 1.807) is 0 Å². The second-order valence-electron chi connectivity index (χ2n) is 4.83. The zero-order valence-corrected chi connectivity index (χ0v) is 11.8. The summed E-state index contributed by atoms with van der Waals surface area (Å²) in [4.78, 5) is 2.02. The molecule has 1 N–H and O–H groups in total. The molecule has 1 aromatic carbocycles. The molecule has 0 radical (unpaired) electrons. The minimum Gasteiger partial charge on any atom is -0.360 e. The molecule has 1 aliphatic rings. The molecule has 0 aromatic heterocycles. The lowest BCUT2D eigenvalue weighted by Gasteiger charge is -2.27. The van der Waals surface area contributed by atoms with Crippen LogP contribution in [0, 0.1) is 11.3 Å². The number of para-hydroxylation sites is 1. The Morgan fingerprint density at radius 2 is 2.00 bits per heavy atom. The Bertz CT molecular complexity index is 446. The van der Waals surface area contributed by atoms with Gasteiger partial charge in [-0.05, 0) is 37.2 Å². The molecule has 1 aliphatic carbocycles. The first-order valence-electron chi connectivity index (χ1n) is 6.81. The lowest BCUT2D eigenvalue weighted by Crippen LogP contribution is -2.44. The van der Waals surface area contributed by atoms with Crippen molar-refractivity contribution in [3.05, 3.63) is 30.3 Å². The van der Waals surface area contributed by atoms with Gasteiger partial charge < -0.3 is 10.2 Å². The highest BCUT2D eigenvalue weighted by Gasteiger charge is 2.19. The number of benzene rings is 1. The molecule has 0 heterocycles. The fourth-order valence-corrected chi connectivity index (χ4v) is 2.80. The van der Waals surface area contributed by atoms with Crippen LogP contribution in [0.2, 0.25) is 0 Å². The lowest BCUT2D eigenvalue weighted by molar-refractivity contribution is 0.628. The summed E-state index contributed by atoms with van der Waals surface area (Å²) in [6, 6.07) is 12.7. The summed E-state index contributed by atoms with van der Waals surface area (Å²) >= 11 is 5.51. The molecule has 1 fully saturated rings. The average Bonchev–Trinajstić information content (AvgIpc) is 2.93. The third-order valence-corrected chi connectivity index (χ3v) is 3.78. The molecule has 0 unspecified atom stereocenters. The number of nitrogens with one attached hydrogen (secondary N) is 1. The van der Waals surface area contributed by atoms with Gasteiger partial charge in [-0.25, -0.2) is 0 Å². The van der Waals surface area contributed by atoms with E-state index in [2.05, 4.69) is 11.4 Å². The molecule has 19 heavy (non-hydrogen) atoms. The summed E-state index contributed by atoms with van der Waals surface area (Å²) in [6.07, 6.45) is 5.43. The van der Waals surface area contributed by atoms with Crippen LogP contribution in [0.1, 0.15) is 32.1 Å². The van der Waals surface area contributed by atoms with Crippen LogP contribution in [0.5, 0.6) is 0 Å². The Labute approximate surface area is 120 Å². The highest BCUT2D eigenvalue weighted by molar-refractivity contribution is 7.80. The fraction of sp³-hybridized carbons (Fsp3) is 0.467. The first kappa shape index (κ1) is 13.8. The molecule has 2 rings (SSSR count). The Kier molecular flexibility index (Phi) is 5.17. The molecular formula is C15H19N3S. The van der Waals surface area contributed by atoms with Crippen LogP contribution in [0.4, 0.5) is 5.69 Å². The van der Waals surface area contributed by atoms with Crippen LogP contribution < -0.4 is 10.2 Å². The largest absolute Gasteiger partial charge is 0.360 e. The van der Waals surface area contributed by atoms with Crippen LogP contribution in [0.15, 0.2) is 30.3 Å². The molecule has 100 valence electrons. The molecule has 1 aromatic rings. The van der Waals surface area contributed by atoms with E-state index in [1.165, 1.54) is 25.7 Å². The van der Waals surface area contributed by atoms with Crippen molar-refractivity contribution in [2.75, 3.05) is 11.4 Å². The summed E-state index contributed by atoms with van der Waals surface area (Å²) in [7, 11) is 0. The van der Waals surface area contributed by atoms with E-state index in [0.717, 1.165) is 10.8 Å². The molecule has 0 spiro atoms. The van der Waals surface area contributed by atoms with Crippen molar-refractivity contribution in [2.24, 2.45) is 0 Å². The number of anilines is 1.